The molecular formula is C22H28N2O4. The van der Waals surface area contributed by atoms with Gasteiger partial charge in [0.25, 0.3) is 0 Å². The fourth-order valence-corrected chi connectivity index (χ4v) is 2.91. The molecule has 0 saturated carbocycles. The Balaban J connectivity index is 1.85. The summed E-state index contributed by atoms with van der Waals surface area (Å²) < 4.78 is 10.9. The van der Waals surface area contributed by atoms with Crippen LogP contribution in [0.1, 0.15) is 50.7 Å². The highest BCUT2D eigenvalue weighted by Crippen LogP contribution is 2.18. The van der Waals surface area contributed by atoms with Crippen LogP contribution in [-0.4, -0.2) is 35.1 Å². The Morgan fingerprint density at radius 3 is 1.32 bits per heavy atom. The summed E-state index contributed by atoms with van der Waals surface area (Å²) in [5, 5.41) is 25.5. The van der Waals surface area contributed by atoms with Crippen LogP contribution in [0, 0.1) is 0 Å². The first-order chi connectivity index (χ1) is 13.7. The first-order valence-corrected chi connectivity index (χ1v) is 9.60. The molecule has 0 saturated heterocycles. The maximum Gasteiger partial charge on any atom is 0.119 e. The molecule has 0 aliphatic carbocycles. The number of unbranched alkanes of at least 4 members (excludes halogenated alkanes) is 1. The maximum atomic E-state index is 9.34. The lowest BCUT2D eigenvalue weighted by molar-refractivity contribution is 0.316. The van der Waals surface area contributed by atoms with Crippen LogP contribution in [0.5, 0.6) is 11.5 Å². The number of rotatable bonds is 11. The number of nitrogens with zero attached hydrogens (tertiary/aromatic N) is 2. The fraction of sp³-hybridized carbons (Fsp3) is 0.364. The van der Waals surface area contributed by atoms with Gasteiger partial charge in [0, 0.05) is 0 Å². The lowest BCUT2D eigenvalue weighted by atomic mass is 10.0. The molecule has 6 nitrogen and oxygen atoms in total. The Morgan fingerprint density at radius 2 is 1.04 bits per heavy atom. The lowest BCUT2D eigenvalue weighted by Gasteiger charge is -2.08. The van der Waals surface area contributed by atoms with Crippen LogP contribution in [0.3, 0.4) is 0 Å². The first kappa shape index (κ1) is 21.3. The van der Waals surface area contributed by atoms with E-state index in [1.165, 1.54) is 0 Å². The third-order valence-corrected chi connectivity index (χ3v) is 4.32. The van der Waals surface area contributed by atoms with E-state index in [9.17, 15) is 10.4 Å². The van der Waals surface area contributed by atoms with Gasteiger partial charge in [-0.15, -0.1) is 0 Å². The molecule has 2 N–H and O–H groups in total. The SMILES string of the molecule is CCOc1ccc(/C(CCCC/C(=N\O)c2ccc(OCC)cc2)=N/O)cc1. The average Bonchev–Trinajstić information content (AvgIpc) is 2.73. The monoisotopic (exact) mass is 384 g/mol. The van der Waals surface area contributed by atoms with Gasteiger partial charge in [0.1, 0.15) is 11.5 Å². The van der Waals surface area contributed by atoms with Crippen molar-refractivity contribution in [2.75, 3.05) is 13.2 Å². The van der Waals surface area contributed by atoms with Crippen molar-refractivity contribution >= 4 is 11.4 Å². The summed E-state index contributed by atoms with van der Waals surface area (Å²) in [6, 6.07) is 15.0. The van der Waals surface area contributed by atoms with Crippen LogP contribution in [0.2, 0.25) is 0 Å². The van der Waals surface area contributed by atoms with E-state index in [1.54, 1.807) is 0 Å². The van der Waals surface area contributed by atoms with Crippen molar-refractivity contribution in [2.45, 2.75) is 39.5 Å². The normalized spacial score (nSPS) is 12.1. The largest absolute Gasteiger partial charge is 0.494 e. The van der Waals surface area contributed by atoms with Crippen LogP contribution >= 0.6 is 0 Å². The zero-order chi connectivity index (χ0) is 20.2. The van der Waals surface area contributed by atoms with Gasteiger partial charge in [-0.25, -0.2) is 0 Å². The van der Waals surface area contributed by atoms with E-state index < -0.39 is 0 Å². The van der Waals surface area contributed by atoms with E-state index in [1.807, 2.05) is 62.4 Å². The van der Waals surface area contributed by atoms with Crippen LogP contribution in [0.4, 0.5) is 0 Å². The fourth-order valence-electron chi connectivity index (χ4n) is 2.91. The molecule has 0 aromatic heterocycles. The lowest BCUT2D eigenvalue weighted by Crippen LogP contribution is -2.04. The summed E-state index contributed by atoms with van der Waals surface area (Å²) >= 11 is 0. The number of oxime groups is 2. The van der Waals surface area contributed by atoms with Crippen molar-refractivity contribution < 1.29 is 19.9 Å². The Kier molecular flexibility index (Phi) is 8.85. The van der Waals surface area contributed by atoms with Crippen molar-refractivity contribution in [2.24, 2.45) is 10.3 Å². The minimum atomic E-state index is 0.614. The highest BCUT2D eigenvalue weighted by molar-refractivity contribution is 6.01. The van der Waals surface area contributed by atoms with E-state index in [2.05, 4.69) is 10.3 Å². The second-order valence-corrected chi connectivity index (χ2v) is 6.22. The maximum absolute atomic E-state index is 9.34. The molecule has 0 heterocycles. The second-order valence-electron chi connectivity index (χ2n) is 6.22. The molecule has 150 valence electrons. The second kappa shape index (κ2) is 11.6. The average molecular weight is 384 g/mol. The van der Waals surface area contributed by atoms with Gasteiger partial charge < -0.3 is 19.9 Å². The molecule has 0 radical (unpaired) electrons. The highest BCUT2D eigenvalue weighted by atomic mass is 16.5. The summed E-state index contributed by atoms with van der Waals surface area (Å²) in [4.78, 5) is 0. The third-order valence-electron chi connectivity index (χ3n) is 4.32. The number of ether oxygens (including phenoxy) is 2. The molecule has 0 atom stereocenters. The molecule has 0 bridgehead atoms. The molecular weight excluding hydrogens is 356 g/mol. The number of hydrogen-bond acceptors (Lipinski definition) is 6. The van der Waals surface area contributed by atoms with Crippen molar-refractivity contribution in [3.05, 3.63) is 59.7 Å². The van der Waals surface area contributed by atoms with E-state index in [0.29, 0.717) is 37.5 Å². The molecule has 0 aliphatic rings. The van der Waals surface area contributed by atoms with Crippen LogP contribution in [-0.2, 0) is 0 Å². The number of benzene rings is 2. The topological polar surface area (TPSA) is 83.6 Å². The standard InChI is InChI=1S/C22H28N2O4/c1-3-27-19-13-9-17(10-14-19)21(23-25)7-5-6-8-22(24-26)18-11-15-20(16-12-18)28-4-2/h9-16,25-26H,3-8H2,1-2H3/b23-21+,24-22+. The minimum Gasteiger partial charge on any atom is -0.494 e. The molecule has 0 fully saturated rings. The van der Waals surface area contributed by atoms with Crippen LogP contribution in [0.25, 0.3) is 0 Å². The van der Waals surface area contributed by atoms with Gasteiger partial charge in [0.2, 0.25) is 0 Å². The summed E-state index contributed by atoms with van der Waals surface area (Å²) in [6.07, 6.45) is 2.88. The van der Waals surface area contributed by atoms with Crippen molar-refractivity contribution in [3.8, 4) is 11.5 Å². The number of hydrogen-bond donors (Lipinski definition) is 2. The van der Waals surface area contributed by atoms with E-state index in [4.69, 9.17) is 9.47 Å². The Bertz CT molecular complexity index is 701. The van der Waals surface area contributed by atoms with Crippen molar-refractivity contribution in [1.82, 2.24) is 0 Å². The summed E-state index contributed by atoms with van der Waals surface area (Å²) in [6.45, 7) is 5.10. The first-order valence-electron chi connectivity index (χ1n) is 9.60. The van der Waals surface area contributed by atoms with Crippen LogP contribution < -0.4 is 9.47 Å². The van der Waals surface area contributed by atoms with E-state index >= 15 is 0 Å². The summed E-state index contributed by atoms with van der Waals surface area (Å²) in [5.41, 5.74) is 3.00. The van der Waals surface area contributed by atoms with Gasteiger partial charge in [-0.1, -0.05) is 10.3 Å². The highest BCUT2D eigenvalue weighted by Gasteiger charge is 2.08. The zero-order valence-corrected chi connectivity index (χ0v) is 16.5. The smallest absolute Gasteiger partial charge is 0.119 e. The molecule has 0 spiro atoms. The zero-order valence-electron chi connectivity index (χ0n) is 16.5. The van der Waals surface area contributed by atoms with Crippen molar-refractivity contribution in [3.63, 3.8) is 0 Å². The molecule has 0 unspecified atom stereocenters. The summed E-state index contributed by atoms with van der Waals surface area (Å²) in [5.74, 6) is 1.59. The van der Waals surface area contributed by atoms with Gasteiger partial charge in [-0.3, -0.25) is 0 Å². The van der Waals surface area contributed by atoms with Gasteiger partial charge in [0.05, 0.1) is 24.6 Å². The quantitative estimate of drug-likeness (QED) is 0.244. The van der Waals surface area contributed by atoms with Gasteiger partial charge in [0.15, 0.2) is 0 Å². The van der Waals surface area contributed by atoms with Crippen molar-refractivity contribution in [1.29, 1.82) is 0 Å². The molecule has 0 amide bonds. The minimum absolute atomic E-state index is 0.614. The van der Waals surface area contributed by atoms with Gasteiger partial charge >= 0.3 is 0 Å². The third kappa shape index (κ3) is 6.30. The molecule has 2 rings (SSSR count). The predicted octanol–water partition coefficient (Wildman–Crippen LogP) is 5.10. The summed E-state index contributed by atoms with van der Waals surface area (Å²) in [7, 11) is 0. The molecule has 28 heavy (non-hydrogen) atoms. The predicted molar refractivity (Wildman–Crippen MR) is 110 cm³/mol. The van der Waals surface area contributed by atoms with E-state index in [-0.39, 0.29) is 0 Å². The van der Waals surface area contributed by atoms with Gasteiger partial charge in [-0.2, -0.15) is 0 Å². The molecule has 2 aromatic carbocycles. The van der Waals surface area contributed by atoms with E-state index in [0.717, 1.165) is 35.5 Å². The van der Waals surface area contributed by atoms with Crippen LogP contribution in [0.15, 0.2) is 58.8 Å². The molecule has 0 aliphatic heterocycles. The Hall–Kier alpha value is -3.02. The molecule has 6 heteroatoms. The Morgan fingerprint density at radius 1 is 0.679 bits per heavy atom. The van der Waals surface area contributed by atoms with Gasteiger partial charge in [-0.05, 0) is 99.2 Å². The molecule has 2 aromatic rings. The Labute approximate surface area is 166 Å².